The zero-order valence-corrected chi connectivity index (χ0v) is 9.28. The molecular formula is C12H7ClFNO2. The van der Waals surface area contributed by atoms with Crippen LogP contribution in [0.5, 0.6) is 0 Å². The van der Waals surface area contributed by atoms with Gasteiger partial charge in [0.1, 0.15) is 11.5 Å². The third-order valence-electron chi connectivity index (χ3n) is 2.18. The van der Waals surface area contributed by atoms with E-state index in [0.717, 1.165) is 0 Å². The number of carbonyl (C=O) groups is 1. The number of rotatable bonds is 2. The van der Waals surface area contributed by atoms with Crippen molar-refractivity contribution in [3.63, 3.8) is 0 Å². The number of carboxylic acids is 1. The van der Waals surface area contributed by atoms with Crippen LogP contribution in [0.2, 0.25) is 5.02 Å². The average molecular weight is 252 g/mol. The maximum absolute atomic E-state index is 13.0. The number of pyridine rings is 1. The van der Waals surface area contributed by atoms with E-state index in [4.69, 9.17) is 16.7 Å². The van der Waals surface area contributed by atoms with Crippen LogP contribution in [0.3, 0.4) is 0 Å². The molecule has 0 aliphatic rings. The molecule has 2 aromatic rings. The Bertz CT molecular complexity index is 586. The molecule has 1 aromatic heterocycles. The fourth-order valence-electron chi connectivity index (χ4n) is 1.37. The van der Waals surface area contributed by atoms with Crippen molar-refractivity contribution in [2.75, 3.05) is 0 Å². The van der Waals surface area contributed by atoms with E-state index in [2.05, 4.69) is 4.98 Å². The van der Waals surface area contributed by atoms with E-state index in [9.17, 15) is 9.18 Å². The highest BCUT2D eigenvalue weighted by Crippen LogP contribution is 2.23. The van der Waals surface area contributed by atoms with Crippen molar-refractivity contribution in [3.8, 4) is 11.3 Å². The van der Waals surface area contributed by atoms with Crippen LogP contribution in [-0.4, -0.2) is 16.1 Å². The van der Waals surface area contributed by atoms with E-state index in [0.29, 0.717) is 11.3 Å². The van der Waals surface area contributed by atoms with Crippen LogP contribution in [0.25, 0.3) is 11.3 Å². The molecule has 0 radical (unpaired) electrons. The van der Waals surface area contributed by atoms with Crippen LogP contribution in [0.4, 0.5) is 4.39 Å². The van der Waals surface area contributed by atoms with Crippen molar-refractivity contribution in [2.45, 2.75) is 0 Å². The molecule has 5 heteroatoms. The zero-order chi connectivity index (χ0) is 12.4. The van der Waals surface area contributed by atoms with Gasteiger partial charge >= 0.3 is 5.97 Å². The number of nitrogens with zero attached hydrogens (tertiary/aromatic N) is 1. The van der Waals surface area contributed by atoms with E-state index >= 15 is 0 Å². The number of aromatic nitrogens is 1. The average Bonchev–Trinajstić information content (AvgIpc) is 2.33. The Morgan fingerprint density at radius 1 is 1.29 bits per heavy atom. The molecule has 2 rings (SSSR count). The van der Waals surface area contributed by atoms with Crippen LogP contribution >= 0.6 is 11.6 Å². The monoisotopic (exact) mass is 251 g/mol. The highest BCUT2D eigenvalue weighted by Gasteiger charge is 2.08. The van der Waals surface area contributed by atoms with Crippen molar-refractivity contribution in [1.82, 2.24) is 4.98 Å². The first kappa shape index (κ1) is 11.5. The molecule has 0 aliphatic heterocycles. The van der Waals surface area contributed by atoms with Crippen molar-refractivity contribution >= 4 is 17.6 Å². The fourth-order valence-corrected chi connectivity index (χ4v) is 1.55. The molecule has 1 aromatic carbocycles. The Kier molecular flexibility index (Phi) is 3.06. The summed E-state index contributed by atoms with van der Waals surface area (Å²) in [4.78, 5) is 14.7. The minimum atomic E-state index is -1.11. The second kappa shape index (κ2) is 4.51. The van der Waals surface area contributed by atoms with E-state index in [1.54, 1.807) is 12.1 Å². The third-order valence-corrected chi connectivity index (χ3v) is 2.47. The minimum absolute atomic E-state index is 0.0231. The van der Waals surface area contributed by atoms with Gasteiger partial charge in [-0.15, -0.1) is 0 Å². The summed E-state index contributed by atoms with van der Waals surface area (Å²) in [5, 5.41) is 8.78. The summed E-state index contributed by atoms with van der Waals surface area (Å²) in [5.41, 5.74) is 0.939. The standard InChI is InChI=1S/C12H7ClFNO2/c13-8-6-7(4-5-9(8)14)10-2-1-3-11(15-10)12(16)17/h1-6H,(H,16,17). The van der Waals surface area contributed by atoms with Crippen molar-refractivity contribution in [1.29, 1.82) is 0 Å². The Balaban J connectivity index is 2.49. The number of hydrogen-bond acceptors (Lipinski definition) is 2. The Hall–Kier alpha value is -1.94. The maximum atomic E-state index is 13.0. The van der Waals surface area contributed by atoms with Gasteiger partial charge in [0.25, 0.3) is 0 Å². The summed E-state index contributed by atoms with van der Waals surface area (Å²) in [6, 6.07) is 8.71. The van der Waals surface area contributed by atoms with Gasteiger partial charge in [-0.25, -0.2) is 14.2 Å². The molecule has 0 amide bonds. The summed E-state index contributed by atoms with van der Waals surface area (Å²) >= 11 is 5.65. The molecule has 1 N–H and O–H groups in total. The van der Waals surface area contributed by atoms with Gasteiger partial charge in [-0.05, 0) is 30.3 Å². The van der Waals surface area contributed by atoms with Gasteiger partial charge in [0, 0.05) is 5.56 Å². The van der Waals surface area contributed by atoms with Crippen LogP contribution in [-0.2, 0) is 0 Å². The largest absolute Gasteiger partial charge is 0.477 e. The highest BCUT2D eigenvalue weighted by atomic mass is 35.5. The van der Waals surface area contributed by atoms with Gasteiger partial charge in [-0.2, -0.15) is 0 Å². The first-order chi connectivity index (χ1) is 8.08. The lowest BCUT2D eigenvalue weighted by Gasteiger charge is -2.03. The van der Waals surface area contributed by atoms with Gasteiger partial charge in [0.2, 0.25) is 0 Å². The summed E-state index contributed by atoms with van der Waals surface area (Å²) in [6.45, 7) is 0. The summed E-state index contributed by atoms with van der Waals surface area (Å²) in [5.74, 6) is -1.63. The molecule has 1 heterocycles. The minimum Gasteiger partial charge on any atom is -0.477 e. The van der Waals surface area contributed by atoms with Crippen LogP contribution < -0.4 is 0 Å². The van der Waals surface area contributed by atoms with Gasteiger partial charge in [0.05, 0.1) is 10.7 Å². The summed E-state index contributed by atoms with van der Waals surface area (Å²) in [7, 11) is 0. The fraction of sp³-hybridized carbons (Fsp3) is 0. The number of hydrogen-bond donors (Lipinski definition) is 1. The predicted octanol–water partition coefficient (Wildman–Crippen LogP) is 3.24. The first-order valence-corrected chi connectivity index (χ1v) is 5.11. The highest BCUT2D eigenvalue weighted by molar-refractivity contribution is 6.31. The quantitative estimate of drug-likeness (QED) is 0.891. The first-order valence-electron chi connectivity index (χ1n) is 4.73. The summed E-state index contributed by atoms with van der Waals surface area (Å²) < 4.78 is 13.0. The molecule has 86 valence electrons. The molecular weight excluding hydrogens is 245 g/mol. The lowest BCUT2D eigenvalue weighted by atomic mass is 10.1. The molecule has 3 nitrogen and oxygen atoms in total. The van der Waals surface area contributed by atoms with Crippen molar-refractivity contribution in [3.05, 3.63) is 52.9 Å². The maximum Gasteiger partial charge on any atom is 0.354 e. The molecule has 17 heavy (non-hydrogen) atoms. The number of benzene rings is 1. The number of halogens is 2. The zero-order valence-electron chi connectivity index (χ0n) is 8.52. The van der Waals surface area contributed by atoms with Crippen LogP contribution in [0.15, 0.2) is 36.4 Å². The van der Waals surface area contributed by atoms with Crippen LogP contribution in [0.1, 0.15) is 10.5 Å². The molecule has 0 fully saturated rings. The Morgan fingerprint density at radius 3 is 2.71 bits per heavy atom. The van der Waals surface area contributed by atoms with Gasteiger partial charge in [0.15, 0.2) is 0 Å². The van der Waals surface area contributed by atoms with Crippen LogP contribution in [0, 0.1) is 5.82 Å². The van der Waals surface area contributed by atoms with Gasteiger partial charge in [-0.1, -0.05) is 17.7 Å². The summed E-state index contributed by atoms with van der Waals surface area (Å²) in [6.07, 6.45) is 0. The predicted molar refractivity (Wildman–Crippen MR) is 61.6 cm³/mol. The molecule has 0 bridgehead atoms. The SMILES string of the molecule is O=C(O)c1cccc(-c2ccc(F)c(Cl)c2)n1. The van der Waals surface area contributed by atoms with E-state index in [1.165, 1.54) is 24.3 Å². The van der Waals surface area contributed by atoms with Crippen molar-refractivity contribution < 1.29 is 14.3 Å². The molecule has 0 atom stereocenters. The van der Waals surface area contributed by atoms with Crippen molar-refractivity contribution in [2.24, 2.45) is 0 Å². The second-order valence-corrected chi connectivity index (χ2v) is 3.75. The molecule has 0 saturated heterocycles. The number of carboxylic acid groups (broad SMARTS) is 1. The molecule has 0 saturated carbocycles. The van der Waals surface area contributed by atoms with E-state index < -0.39 is 11.8 Å². The Morgan fingerprint density at radius 2 is 2.06 bits per heavy atom. The molecule has 0 spiro atoms. The lowest BCUT2D eigenvalue weighted by Crippen LogP contribution is -2.00. The number of aromatic carboxylic acids is 1. The normalized spacial score (nSPS) is 10.2. The lowest BCUT2D eigenvalue weighted by molar-refractivity contribution is 0.0690. The molecule has 0 unspecified atom stereocenters. The van der Waals surface area contributed by atoms with Gasteiger partial charge in [-0.3, -0.25) is 0 Å². The molecule has 0 aliphatic carbocycles. The smallest absolute Gasteiger partial charge is 0.354 e. The Labute approximate surface area is 101 Å². The van der Waals surface area contributed by atoms with Gasteiger partial charge < -0.3 is 5.11 Å². The second-order valence-electron chi connectivity index (χ2n) is 3.34. The topological polar surface area (TPSA) is 50.2 Å². The van der Waals surface area contributed by atoms with E-state index in [1.807, 2.05) is 0 Å². The third kappa shape index (κ3) is 2.42. The van der Waals surface area contributed by atoms with E-state index in [-0.39, 0.29) is 10.7 Å².